The SMILES string of the molecule is COc1ccc2ncc(=O)n(CCC(=O)NC[C@@H]3CN(c4ccc5c(c4)OCCO5)C(=O)O3)c2c1.O=C(CCn1c(=O)ccc2ccc(Br)cc21)NC[C@@H]1CN(c2ccc3c(c2)NC(=O)CS3)C(=O)O1. The minimum Gasteiger partial charge on any atom is -0.497 e. The van der Waals surface area contributed by atoms with Crippen molar-refractivity contribution in [2.75, 3.05) is 67.4 Å². The monoisotopic (exact) mass is 1040 g/mol. The molecular formula is C48H45BrN8O12S. The van der Waals surface area contributed by atoms with Crippen LogP contribution < -0.4 is 51.1 Å². The van der Waals surface area contributed by atoms with E-state index in [-0.39, 0.29) is 81.0 Å². The average Bonchev–Trinajstić information content (AvgIpc) is 3.94. The fraction of sp³-hybridized carbons (Fsp3) is 0.292. The van der Waals surface area contributed by atoms with E-state index in [1.807, 2.05) is 30.3 Å². The highest BCUT2D eigenvalue weighted by Gasteiger charge is 2.35. The van der Waals surface area contributed by atoms with Crippen LogP contribution in [0.25, 0.3) is 21.9 Å². The van der Waals surface area contributed by atoms with E-state index in [1.54, 1.807) is 53.1 Å². The number of methoxy groups -OCH3 is 1. The van der Waals surface area contributed by atoms with Gasteiger partial charge in [0.15, 0.2) is 11.5 Å². The summed E-state index contributed by atoms with van der Waals surface area (Å²) < 4.78 is 31.1. The summed E-state index contributed by atoms with van der Waals surface area (Å²) in [4.78, 5) is 94.2. The number of hydrogen-bond acceptors (Lipinski definition) is 14. The molecule has 3 N–H and O–H groups in total. The molecular weight excluding hydrogens is 993 g/mol. The molecule has 2 atom stereocenters. The summed E-state index contributed by atoms with van der Waals surface area (Å²) in [5, 5.41) is 9.30. The second-order valence-electron chi connectivity index (χ2n) is 16.3. The maximum Gasteiger partial charge on any atom is 0.414 e. The molecule has 6 aromatic rings. The molecule has 0 unspecified atom stereocenters. The molecule has 4 aliphatic rings. The minimum absolute atomic E-state index is 0.0722. The minimum atomic E-state index is -0.511. The summed E-state index contributed by atoms with van der Waals surface area (Å²) in [6.07, 6.45) is -0.606. The molecule has 10 rings (SSSR count). The zero-order valence-electron chi connectivity index (χ0n) is 37.5. The molecule has 5 amide bonds. The molecule has 0 radical (unpaired) electrons. The summed E-state index contributed by atoms with van der Waals surface area (Å²) in [6, 6.07) is 24.8. The Hall–Kier alpha value is -7.59. The molecule has 2 saturated heterocycles. The Balaban J connectivity index is 0.000000174. The number of carbonyl (C=O) groups is 5. The lowest BCUT2D eigenvalue weighted by atomic mass is 10.2. The molecule has 2 fully saturated rings. The Bertz CT molecular complexity index is 3170. The van der Waals surface area contributed by atoms with Crippen molar-refractivity contribution in [3.8, 4) is 17.2 Å². The van der Waals surface area contributed by atoms with Crippen LogP contribution >= 0.6 is 27.7 Å². The second kappa shape index (κ2) is 21.0. The van der Waals surface area contributed by atoms with E-state index < -0.39 is 24.4 Å². The van der Waals surface area contributed by atoms with Gasteiger partial charge in [-0.2, -0.15) is 0 Å². The number of nitrogens with zero attached hydrogens (tertiary/aromatic N) is 5. The number of rotatable bonds is 13. The number of aromatic nitrogens is 3. The second-order valence-corrected chi connectivity index (χ2v) is 18.2. The normalized spacial score (nSPS) is 17.0. The van der Waals surface area contributed by atoms with Gasteiger partial charge >= 0.3 is 12.2 Å². The Morgan fingerprint density at radius 1 is 0.743 bits per heavy atom. The first kappa shape index (κ1) is 47.5. The molecule has 22 heteroatoms. The smallest absolute Gasteiger partial charge is 0.414 e. The van der Waals surface area contributed by atoms with Crippen molar-refractivity contribution in [2.24, 2.45) is 0 Å². The number of nitrogens with one attached hydrogen (secondary N) is 3. The van der Waals surface area contributed by atoms with Crippen LogP contribution in [0.2, 0.25) is 0 Å². The van der Waals surface area contributed by atoms with Crippen LogP contribution in [0, 0.1) is 0 Å². The summed E-state index contributed by atoms with van der Waals surface area (Å²) in [7, 11) is 1.54. The lowest BCUT2D eigenvalue weighted by Gasteiger charge is -2.21. The maximum atomic E-state index is 12.5. The number of fused-ring (bicyclic) bond motifs is 4. The van der Waals surface area contributed by atoms with Gasteiger partial charge in [-0.1, -0.05) is 22.0 Å². The Morgan fingerprint density at radius 2 is 1.39 bits per heavy atom. The van der Waals surface area contributed by atoms with Crippen molar-refractivity contribution in [1.82, 2.24) is 24.8 Å². The Labute approximate surface area is 411 Å². The van der Waals surface area contributed by atoms with E-state index in [9.17, 15) is 33.6 Å². The highest BCUT2D eigenvalue weighted by molar-refractivity contribution is 9.10. The van der Waals surface area contributed by atoms with E-state index in [1.165, 1.54) is 45.5 Å². The van der Waals surface area contributed by atoms with Gasteiger partial charge < -0.3 is 48.8 Å². The maximum absolute atomic E-state index is 12.5. The van der Waals surface area contributed by atoms with Crippen LogP contribution in [0.5, 0.6) is 17.2 Å². The fourth-order valence-corrected chi connectivity index (χ4v) is 9.30. The third-order valence-corrected chi connectivity index (χ3v) is 13.2. The van der Waals surface area contributed by atoms with Gasteiger partial charge in [-0.3, -0.25) is 33.8 Å². The third-order valence-electron chi connectivity index (χ3n) is 11.7. The molecule has 4 aliphatic heterocycles. The molecule has 0 saturated carbocycles. The number of hydrogen-bond donors (Lipinski definition) is 3. The van der Waals surface area contributed by atoms with E-state index in [2.05, 4.69) is 36.9 Å². The summed E-state index contributed by atoms with van der Waals surface area (Å²) in [5.74, 6) is 1.58. The number of halogens is 1. The van der Waals surface area contributed by atoms with E-state index in [4.69, 9.17) is 23.7 Å². The number of ether oxygens (including phenoxy) is 5. The van der Waals surface area contributed by atoms with Gasteiger partial charge in [0.05, 0.1) is 73.2 Å². The van der Waals surface area contributed by atoms with Crippen LogP contribution in [0.15, 0.2) is 110 Å². The summed E-state index contributed by atoms with van der Waals surface area (Å²) >= 11 is 4.87. The summed E-state index contributed by atoms with van der Waals surface area (Å²) in [6.45, 7) is 2.21. The van der Waals surface area contributed by atoms with Gasteiger partial charge in [0.2, 0.25) is 17.7 Å². The molecule has 0 bridgehead atoms. The largest absolute Gasteiger partial charge is 0.497 e. The molecule has 2 aromatic heterocycles. The van der Waals surface area contributed by atoms with Crippen molar-refractivity contribution < 1.29 is 47.7 Å². The first-order valence-electron chi connectivity index (χ1n) is 22.2. The third kappa shape index (κ3) is 10.8. The van der Waals surface area contributed by atoms with Crippen molar-refractivity contribution in [3.05, 3.63) is 116 Å². The van der Waals surface area contributed by atoms with Crippen LogP contribution in [0.3, 0.4) is 0 Å². The lowest BCUT2D eigenvalue weighted by molar-refractivity contribution is -0.122. The molecule has 20 nitrogen and oxygen atoms in total. The number of anilines is 3. The number of thioether (sulfide) groups is 1. The first-order chi connectivity index (χ1) is 33.9. The predicted octanol–water partition coefficient (Wildman–Crippen LogP) is 5.05. The highest BCUT2D eigenvalue weighted by Crippen LogP contribution is 2.37. The van der Waals surface area contributed by atoms with Gasteiger partial charge in [-0.15, -0.1) is 11.8 Å². The van der Waals surface area contributed by atoms with Gasteiger partial charge in [-0.25, -0.2) is 14.6 Å². The molecule has 0 spiro atoms. The number of benzene rings is 4. The Morgan fingerprint density at radius 3 is 2.09 bits per heavy atom. The first-order valence-corrected chi connectivity index (χ1v) is 24.0. The van der Waals surface area contributed by atoms with Crippen molar-refractivity contribution in [1.29, 1.82) is 0 Å². The van der Waals surface area contributed by atoms with Crippen molar-refractivity contribution >= 4 is 96.6 Å². The standard InChI is InChI=1S/C24H21BrN4O5S.C24H24N4O7/c25-15-3-1-14-2-6-23(32)28(19(14)9-15)8-7-21(30)26-11-17-12-29(24(33)34-17)16-4-5-20-18(10-16)27-22(31)13-35-20;1-32-16-3-4-18-19(11-16)27(23(30)13-25-18)7-6-22(29)26-12-17-14-28(24(31)35-17)15-2-5-20-21(10-15)34-9-8-33-20/h1-6,9-10,17H,7-8,11-13H2,(H,26,30)(H,27,31);2-5,10-11,13,17H,6-9,12,14H2,1H3,(H,26,29)/t2*17-/m11/s1. The molecule has 0 aliphatic carbocycles. The molecule has 4 aromatic carbocycles. The number of cyclic esters (lactones) is 2. The van der Waals surface area contributed by atoms with Crippen molar-refractivity contribution in [3.63, 3.8) is 0 Å². The van der Waals surface area contributed by atoms with Gasteiger partial charge in [-0.05, 0) is 66.0 Å². The Kier molecular flexibility index (Phi) is 14.2. The topological polar surface area (TPSA) is 231 Å². The number of aryl methyl sites for hydroxylation is 2. The van der Waals surface area contributed by atoms with Crippen LogP contribution in [-0.2, 0) is 36.9 Å². The van der Waals surface area contributed by atoms with Crippen LogP contribution in [-0.4, -0.2) is 108 Å². The van der Waals surface area contributed by atoms with Gasteiger partial charge in [0.25, 0.3) is 11.1 Å². The molecule has 70 heavy (non-hydrogen) atoms. The highest BCUT2D eigenvalue weighted by atomic mass is 79.9. The number of pyridine rings is 1. The van der Waals surface area contributed by atoms with Gasteiger partial charge in [0.1, 0.15) is 31.2 Å². The van der Waals surface area contributed by atoms with Crippen LogP contribution in [0.4, 0.5) is 26.7 Å². The van der Waals surface area contributed by atoms with E-state index in [0.29, 0.717) is 64.3 Å². The van der Waals surface area contributed by atoms with E-state index in [0.717, 1.165) is 20.3 Å². The molecule has 362 valence electrons. The van der Waals surface area contributed by atoms with Crippen molar-refractivity contribution in [2.45, 2.75) is 43.0 Å². The van der Waals surface area contributed by atoms with Gasteiger partial charge in [0, 0.05) is 59.2 Å². The fourth-order valence-electron chi connectivity index (χ4n) is 8.17. The predicted molar refractivity (Wildman–Crippen MR) is 262 cm³/mol. The van der Waals surface area contributed by atoms with Crippen LogP contribution in [0.1, 0.15) is 12.8 Å². The zero-order valence-corrected chi connectivity index (χ0v) is 39.9. The number of carbonyl (C=O) groups excluding carboxylic acids is 5. The average molecular weight is 1040 g/mol. The quantitative estimate of drug-likeness (QED) is 0.138. The van der Waals surface area contributed by atoms with E-state index >= 15 is 0 Å². The zero-order chi connectivity index (χ0) is 48.9. The molecule has 6 heterocycles. The lowest BCUT2D eigenvalue weighted by Crippen LogP contribution is -2.35. The number of amides is 5. The summed E-state index contributed by atoms with van der Waals surface area (Å²) in [5.41, 5.74) is 3.40.